The minimum atomic E-state index is -0.587. The van der Waals surface area contributed by atoms with Gasteiger partial charge in [-0.2, -0.15) is 0 Å². The van der Waals surface area contributed by atoms with Gasteiger partial charge in [0.2, 0.25) is 0 Å². The lowest BCUT2D eigenvalue weighted by molar-refractivity contribution is -0.139. The van der Waals surface area contributed by atoms with Crippen LogP contribution in [0.5, 0.6) is 0 Å². The Balaban J connectivity index is 3.93. The van der Waals surface area contributed by atoms with Gasteiger partial charge in [-0.15, -0.1) is 0 Å². The summed E-state index contributed by atoms with van der Waals surface area (Å²) >= 11 is 0. The number of hydrogen-bond acceptors (Lipinski definition) is 3. The molecule has 0 saturated heterocycles. The molecule has 0 rings (SSSR count). The maximum atomic E-state index is 10.4. The van der Waals surface area contributed by atoms with Crippen LogP contribution in [0.15, 0.2) is 0 Å². The average Bonchev–Trinajstić information content (AvgIpc) is 2.19. The molecule has 0 N–H and O–H groups in total. The van der Waals surface area contributed by atoms with Crippen molar-refractivity contribution >= 4 is 12.8 Å². The first kappa shape index (κ1) is 14.1. The SMILES string of the molecule is CCCCCC(C)([CH][CH][CH]C=O)OC=O. The molecule has 1 atom stereocenters. The third kappa shape index (κ3) is 7.11. The van der Waals surface area contributed by atoms with E-state index in [9.17, 15) is 9.59 Å². The van der Waals surface area contributed by atoms with Crippen LogP contribution >= 0.6 is 0 Å². The molecule has 0 fully saturated rings. The summed E-state index contributed by atoms with van der Waals surface area (Å²) in [5.41, 5.74) is -0.587. The van der Waals surface area contributed by atoms with Gasteiger partial charge in [-0.25, -0.2) is 0 Å². The fourth-order valence-corrected chi connectivity index (χ4v) is 1.32. The topological polar surface area (TPSA) is 43.4 Å². The van der Waals surface area contributed by atoms with Crippen molar-refractivity contribution in [2.24, 2.45) is 0 Å². The normalized spacial score (nSPS) is 14.3. The molecule has 0 amide bonds. The third-order valence-corrected chi connectivity index (χ3v) is 2.23. The van der Waals surface area contributed by atoms with Crippen LogP contribution in [-0.4, -0.2) is 18.4 Å². The summed E-state index contributed by atoms with van der Waals surface area (Å²) in [4.78, 5) is 20.4. The fourth-order valence-electron chi connectivity index (χ4n) is 1.32. The largest absolute Gasteiger partial charge is 0.461 e. The first-order valence-electron chi connectivity index (χ1n) is 5.26. The molecule has 0 aliphatic carbocycles. The molecular formula is C12H19O3. The van der Waals surface area contributed by atoms with E-state index in [1.807, 2.05) is 6.92 Å². The lowest BCUT2D eigenvalue weighted by Crippen LogP contribution is -2.29. The van der Waals surface area contributed by atoms with Gasteiger partial charge in [-0.1, -0.05) is 19.8 Å². The first-order chi connectivity index (χ1) is 7.18. The minimum Gasteiger partial charge on any atom is -0.461 e. The standard InChI is InChI=1S/C12H19O3/c1-3-4-5-8-12(2,15-11-14)9-6-7-10-13/h6-7,9-11H,3-5,8H2,1-2H3. The summed E-state index contributed by atoms with van der Waals surface area (Å²) in [6, 6.07) is 0. The van der Waals surface area contributed by atoms with Gasteiger partial charge < -0.3 is 9.53 Å². The second-order valence-electron chi connectivity index (χ2n) is 3.67. The van der Waals surface area contributed by atoms with Crippen molar-refractivity contribution in [1.82, 2.24) is 0 Å². The van der Waals surface area contributed by atoms with E-state index in [2.05, 4.69) is 6.92 Å². The lowest BCUT2D eigenvalue weighted by Gasteiger charge is -2.27. The van der Waals surface area contributed by atoms with Crippen molar-refractivity contribution in [2.75, 3.05) is 0 Å². The Labute approximate surface area is 92.2 Å². The van der Waals surface area contributed by atoms with Gasteiger partial charge >= 0.3 is 0 Å². The molecule has 0 aliphatic heterocycles. The molecule has 0 aromatic rings. The average molecular weight is 211 g/mol. The Morgan fingerprint density at radius 3 is 2.47 bits per heavy atom. The molecule has 0 aromatic carbocycles. The Hall–Kier alpha value is -0.860. The summed E-state index contributed by atoms with van der Waals surface area (Å²) in [5, 5.41) is 0. The summed E-state index contributed by atoms with van der Waals surface area (Å²) in [6.07, 6.45) is 9.46. The van der Waals surface area contributed by atoms with Crippen molar-refractivity contribution in [1.29, 1.82) is 0 Å². The number of hydrogen-bond donors (Lipinski definition) is 0. The van der Waals surface area contributed by atoms with Gasteiger partial charge in [-0.05, 0) is 26.2 Å². The molecule has 0 bridgehead atoms. The van der Waals surface area contributed by atoms with Crippen LogP contribution < -0.4 is 0 Å². The smallest absolute Gasteiger partial charge is 0.293 e. The van der Waals surface area contributed by atoms with E-state index in [1.54, 1.807) is 12.8 Å². The molecule has 0 aromatic heterocycles. The Bertz CT molecular complexity index is 180. The van der Waals surface area contributed by atoms with Gasteiger partial charge in [-0.3, -0.25) is 4.79 Å². The van der Waals surface area contributed by atoms with E-state index in [1.165, 1.54) is 6.42 Å². The summed E-state index contributed by atoms with van der Waals surface area (Å²) < 4.78 is 5.02. The van der Waals surface area contributed by atoms with Crippen LogP contribution in [0, 0.1) is 19.3 Å². The highest BCUT2D eigenvalue weighted by Gasteiger charge is 2.24. The van der Waals surface area contributed by atoms with Gasteiger partial charge in [0.1, 0.15) is 11.9 Å². The first-order valence-corrected chi connectivity index (χ1v) is 5.26. The Kier molecular flexibility index (Phi) is 7.96. The van der Waals surface area contributed by atoms with E-state index in [0.717, 1.165) is 25.7 Å². The van der Waals surface area contributed by atoms with Crippen LogP contribution in [-0.2, 0) is 14.3 Å². The predicted molar refractivity (Wildman–Crippen MR) is 58.7 cm³/mol. The molecule has 85 valence electrons. The quantitative estimate of drug-likeness (QED) is 0.411. The van der Waals surface area contributed by atoms with Crippen LogP contribution in [0.2, 0.25) is 0 Å². The summed E-state index contributed by atoms with van der Waals surface area (Å²) in [7, 11) is 0. The molecule has 0 aliphatic rings. The highest BCUT2D eigenvalue weighted by molar-refractivity contribution is 5.64. The van der Waals surface area contributed by atoms with E-state index in [0.29, 0.717) is 12.8 Å². The van der Waals surface area contributed by atoms with E-state index in [4.69, 9.17) is 4.74 Å². The zero-order chi connectivity index (χ0) is 11.6. The lowest BCUT2D eigenvalue weighted by atomic mass is 9.92. The van der Waals surface area contributed by atoms with Crippen LogP contribution in [0.4, 0.5) is 0 Å². The monoisotopic (exact) mass is 211 g/mol. The molecule has 15 heavy (non-hydrogen) atoms. The minimum absolute atomic E-state index is 0.456. The Morgan fingerprint density at radius 1 is 1.20 bits per heavy atom. The Morgan fingerprint density at radius 2 is 1.93 bits per heavy atom. The second-order valence-corrected chi connectivity index (χ2v) is 3.67. The van der Waals surface area contributed by atoms with Crippen LogP contribution in [0.25, 0.3) is 0 Å². The molecule has 0 spiro atoms. The van der Waals surface area contributed by atoms with Gasteiger partial charge in [0, 0.05) is 12.8 Å². The van der Waals surface area contributed by atoms with E-state index >= 15 is 0 Å². The molecule has 0 heterocycles. The molecule has 3 heteroatoms. The van der Waals surface area contributed by atoms with E-state index in [-0.39, 0.29) is 0 Å². The van der Waals surface area contributed by atoms with Crippen LogP contribution in [0.1, 0.15) is 39.5 Å². The van der Waals surface area contributed by atoms with Crippen molar-refractivity contribution in [3.05, 3.63) is 19.3 Å². The van der Waals surface area contributed by atoms with Crippen molar-refractivity contribution in [3.63, 3.8) is 0 Å². The number of aldehydes is 1. The number of ether oxygens (including phenoxy) is 1. The predicted octanol–water partition coefficient (Wildman–Crippen LogP) is 2.31. The number of unbranched alkanes of at least 4 members (excludes halogenated alkanes) is 3. The van der Waals surface area contributed by atoms with Crippen LogP contribution in [0.3, 0.4) is 0 Å². The number of rotatable bonds is 10. The highest BCUT2D eigenvalue weighted by Crippen LogP contribution is 2.23. The maximum absolute atomic E-state index is 10.4. The maximum Gasteiger partial charge on any atom is 0.293 e. The number of carbonyl (C=O) groups is 2. The van der Waals surface area contributed by atoms with Gasteiger partial charge in [0.15, 0.2) is 0 Å². The fraction of sp³-hybridized carbons (Fsp3) is 0.583. The second kappa shape index (κ2) is 8.45. The zero-order valence-corrected chi connectivity index (χ0v) is 9.44. The number of carbonyl (C=O) groups excluding carboxylic acids is 2. The zero-order valence-electron chi connectivity index (χ0n) is 9.44. The third-order valence-electron chi connectivity index (χ3n) is 2.23. The van der Waals surface area contributed by atoms with E-state index < -0.39 is 5.60 Å². The molecule has 1 unspecified atom stereocenters. The highest BCUT2D eigenvalue weighted by atomic mass is 16.5. The molecule has 0 saturated carbocycles. The summed E-state index contributed by atoms with van der Waals surface area (Å²) in [6.45, 7) is 4.41. The van der Waals surface area contributed by atoms with Crippen molar-refractivity contribution < 1.29 is 14.3 Å². The molecule has 3 radical (unpaired) electrons. The molecule has 3 nitrogen and oxygen atoms in total. The molecular weight excluding hydrogens is 192 g/mol. The van der Waals surface area contributed by atoms with Gasteiger partial charge in [0.05, 0.1) is 0 Å². The van der Waals surface area contributed by atoms with Crippen molar-refractivity contribution in [3.8, 4) is 0 Å². The van der Waals surface area contributed by atoms with Crippen molar-refractivity contribution in [2.45, 2.75) is 45.1 Å². The summed E-state index contributed by atoms with van der Waals surface area (Å²) in [5.74, 6) is 0. The van der Waals surface area contributed by atoms with Gasteiger partial charge in [0.25, 0.3) is 6.47 Å².